The Hall–Kier alpha value is -1.85. The van der Waals surface area contributed by atoms with Crippen LogP contribution in [0.1, 0.15) is 10.4 Å². The van der Waals surface area contributed by atoms with E-state index in [1.165, 1.54) is 0 Å². The molecule has 2 heterocycles. The number of carbonyl (C=O) groups is 1. The number of benzene rings is 1. The second-order valence-corrected chi connectivity index (χ2v) is 5.08. The third-order valence-electron chi connectivity index (χ3n) is 3.83. The quantitative estimate of drug-likeness (QED) is 0.889. The van der Waals surface area contributed by atoms with Crippen LogP contribution in [0.3, 0.4) is 0 Å². The van der Waals surface area contributed by atoms with Gasteiger partial charge in [0.15, 0.2) is 0 Å². The van der Waals surface area contributed by atoms with Gasteiger partial charge < -0.3 is 19.3 Å². The van der Waals surface area contributed by atoms with Crippen LogP contribution >= 0.6 is 0 Å². The van der Waals surface area contributed by atoms with Gasteiger partial charge in [0.05, 0.1) is 31.4 Å². The molecule has 1 amide bonds. The molecule has 2 aromatic rings. The minimum atomic E-state index is -0.254. The highest BCUT2D eigenvalue weighted by Gasteiger charge is 2.29. The highest BCUT2D eigenvalue weighted by atomic mass is 16.5. The molecule has 1 saturated heterocycles. The average Bonchev–Trinajstić information content (AvgIpc) is 2.84. The summed E-state index contributed by atoms with van der Waals surface area (Å²) in [5, 5.41) is 10.3. The molecule has 1 aliphatic heterocycles. The first-order chi connectivity index (χ1) is 9.72. The van der Waals surface area contributed by atoms with E-state index < -0.39 is 0 Å². The molecule has 3 rings (SSSR count). The van der Waals surface area contributed by atoms with Crippen LogP contribution in [0.2, 0.25) is 0 Å². The zero-order valence-electron chi connectivity index (χ0n) is 11.5. The van der Waals surface area contributed by atoms with Crippen LogP contribution in [0, 0.1) is 0 Å². The lowest BCUT2D eigenvalue weighted by Crippen LogP contribution is -2.50. The Labute approximate surface area is 117 Å². The van der Waals surface area contributed by atoms with Crippen LogP contribution in [0.15, 0.2) is 30.5 Å². The fourth-order valence-corrected chi connectivity index (χ4v) is 2.74. The highest BCUT2D eigenvalue weighted by molar-refractivity contribution is 6.07. The molecule has 1 N–H and O–H groups in total. The number of hydrogen-bond donors (Lipinski definition) is 1. The summed E-state index contributed by atoms with van der Waals surface area (Å²) < 4.78 is 7.28. The minimum Gasteiger partial charge on any atom is -0.394 e. The summed E-state index contributed by atoms with van der Waals surface area (Å²) in [4.78, 5) is 14.5. The molecule has 20 heavy (non-hydrogen) atoms. The first kappa shape index (κ1) is 13.1. The van der Waals surface area contributed by atoms with Crippen LogP contribution in [-0.4, -0.2) is 52.9 Å². The number of ether oxygens (including phenoxy) is 1. The Kier molecular flexibility index (Phi) is 3.46. The van der Waals surface area contributed by atoms with E-state index in [0.717, 1.165) is 10.9 Å². The van der Waals surface area contributed by atoms with Crippen molar-refractivity contribution >= 4 is 16.8 Å². The van der Waals surface area contributed by atoms with E-state index in [1.54, 1.807) is 4.90 Å². The van der Waals surface area contributed by atoms with E-state index in [9.17, 15) is 9.90 Å². The van der Waals surface area contributed by atoms with Crippen molar-refractivity contribution in [2.45, 2.75) is 6.04 Å². The van der Waals surface area contributed by atoms with Crippen LogP contribution in [-0.2, 0) is 11.8 Å². The van der Waals surface area contributed by atoms with E-state index in [1.807, 2.05) is 42.1 Å². The van der Waals surface area contributed by atoms with Gasteiger partial charge >= 0.3 is 0 Å². The van der Waals surface area contributed by atoms with Crippen molar-refractivity contribution in [1.82, 2.24) is 9.47 Å². The molecule has 1 unspecified atom stereocenters. The number of aromatic nitrogens is 1. The molecule has 1 aromatic heterocycles. The number of aryl methyl sites for hydroxylation is 1. The molecule has 0 bridgehead atoms. The van der Waals surface area contributed by atoms with Gasteiger partial charge in [0, 0.05) is 30.7 Å². The third-order valence-corrected chi connectivity index (χ3v) is 3.83. The Balaban J connectivity index is 2.00. The number of fused-ring (bicyclic) bond motifs is 1. The number of aliphatic hydroxyl groups is 1. The maximum Gasteiger partial charge on any atom is 0.256 e. The van der Waals surface area contributed by atoms with E-state index in [-0.39, 0.29) is 18.6 Å². The monoisotopic (exact) mass is 274 g/mol. The van der Waals surface area contributed by atoms with Crippen LogP contribution in [0.4, 0.5) is 0 Å². The predicted molar refractivity (Wildman–Crippen MR) is 75.6 cm³/mol. The molecule has 0 spiro atoms. The van der Waals surface area contributed by atoms with Crippen molar-refractivity contribution in [1.29, 1.82) is 0 Å². The Bertz CT molecular complexity index is 635. The minimum absolute atomic E-state index is 0.0378. The maximum absolute atomic E-state index is 12.7. The van der Waals surface area contributed by atoms with Gasteiger partial charge in [0.25, 0.3) is 5.91 Å². The lowest BCUT2D eigenvalue weighted by molar-refractivity contribution is -0.0183. The standard InChI is InChI=1S/C15H18N2O3/c1-16-8-13(12-4-2-3-5-14(12)16)15(19)17-6-7-20-10-11(17)9-18/h2-5,8,11,18H,6-7,9-10H2,1H3. The summed E-state index contributed by atoms with van der Waals surface area (Å²) in [5.74, 6) is -0.0378. The smallest absolute Gasteiger partial charge is 0.256 e. The van der Waals surface area contributed by atoms with Crippen molar-refractivity contribution in [2.24, 2.45) is 7.05 Å². The van der Waals surface area contributed by atoms with E-state index in [0.29, 0.717) is 25.3 Å². The first-order valence-electron chi connectivity index (χ1n) is 6.76. The molecule has 1 aromatic carbocycles. The predicted octanol–water partition coefficient (Wildman–Crippen LogP) is 1.01. The van der Waals surface area contributed by atoms with Crippen molar-refractivity contribution in [3.05, 3.63) is 36.0 Å². The number of para-hydroxylation sites is 1. The Morgan fingerprint density at radius 2 is 2.25 bits per heavy atom. The molecule has 0 saturated carbocycles. The molecular weight excluding hydrogens is 256 g/mol. The molecule has 1 fully saturated rings. The zero-order valence-corrected chi connectivity index (χ0v) is 11.5. The Morgan fingerprint density at radius 1 is 1.45 bits per heavy atom. The SMILES string of the molecule is Cn1cc(C(=O)N2CCOCC2CO)c2ccccc21. The summed E-state index contributed by atoms with van der Waals surface area (Å²) >= 11 is 0. The summed E-state index contributed by atoms with van der Waals surface area (Å²) in [7, 11) is 1.93. The molecule has 5 nitrogen and oxygen atoms in total. The number of nitrogens with zero attached hydrogens (tertiary/aromatic N) is 2. The van der Waals surface area contributed by atoms with Crippen molar-refractivity contribution in [3.63, 3.8) is 0 Å². The molecule has 0 aliphatic carbocycles. The van der Waals surface area contributed by atoms with Crippen LogP contribution in [0.5, 0.6) is 0 Å². The van der Waals surface area contributed by atoms with Gasteiger partial charge in [0.2, 0.25) is 0 Å². The van der Waals surface area contributed by atoms with Crippen LogP contribution in [0.25, 0.3) is 10.9 Å². The lowest BCUT2D eigenvalue weighted by atomic mass is 10.1. The number of hydrogen-bond acceptors (Lipinski definition) is 3. The highest BCUT2D eigenvalue weighted by Crippen LogP contribution is 2.23. The van der Waals surface area contributed by atoms with Gasteiger partial charge in [-0.1, -0.05) is 18.2 Å². The van der Waals surface area contributed by atoms with Gasteiger partial charge in [-0.25, -0.2) is 0 Å². The number of carbonyl (C=O) groups excluding carboxylic acids is 1. The second-order valence-electron chi connectivity index (χ2n) is 5.08. The fraction of sp³-hybridized carbons (Fsp3) is 0.400. The molecule has 1 aliphatic rings. The second kappa shape index (κ2) is 5.26. The number of aliphatic hydroxyl groups excluding tert-OH is 1. The van der Waals surface area contributed by atoms with Crippen LogP contribution < -0.4 is 0 Å². The number of rotatable bonds is 2. The van der Waals surface area contributed by atoms with Gasteiger partial charge in [-0.15, -0.1) is 0 Å². The topological polar surface area (TPSA) is 54.7 Å². The summed E-state index contributed by atoms with van der Waals surface area (Å²) in [5.41, 5.74) is 1.72. The maximum atomic E-state index is 12.7. The summed E-state index contributed by atoms with van der Waals surface area (Å²) in [6, 6.07) is 7.59. The normalized spacial score (nSPS) is 19.5. The first-order valence-corrected chi connectivity index (χ1v) is 6.76. The third kappa shape index (κ3) is 2.09. The molecule has 106 valence electrons. The summed E-state index contributed by atoms with van der Waals surface area (Å²) in [6.07, 6.45) is 1.86. The summed E-state index contributed by atoms with van der Waals surface area (Å²) in [6.45, 7) is 1.36. The molecule has 0 radical (unpaired) electrons. The van der Waals surface area contributed by atoms with Crippen molar-refractivity contribution in [2.75, 3.05) is 26.4 Å². The molecule has 5 heteroatoms. The van der Waals surface area contributed by atoms with E-state index in [4.69, 9.17) is 4.74 Å². The average molecular weight is 274 g/mol. The van der Waals surface area contributed by atoms with Crippen molar-refractivity contribution < 1.29 is 14.6 Å². The number of morpholine rings is 1. The van der Waals surface area contributed by atoms with Crippen molar-refractivity contribution in [3.8, 4) is 0 Å². The Morgan fingerprint density at radius 3 is 3.05 bits per heavy atom. The largest absolute Gasteiger partial charge is 0.394 e. The molecular formula is C15H18N2O3. The van der Waals surface area contributed by atoms with Gasteiger partial charge in [-0.2, -0.15) is 0 Å². The fourth-order valence-electron chi connectivity index (χ4n) is 2.74. The van der Waals surface area contributed by atoms with E-state index >= 15 is 0 Å². The van der Waals surface area contributed by atoms with Gasteiger partial charge in [-0.05, 0) is 6.07 Å². The number of amides is 1. The molecule has 1 atom stereocenters. The van der Waals surface area contributed by atoms with Gasteiger partial charge in [0.1, 0.15) is 0 Å². The van der Waals surface area contributed by atoms with E-state index in [2.05, 4.69) is 0 Å². The zero-order chi connectivity index (χ0) is 14.1. The lowest BCUT2D eigenvalue weighted by Gasteiger charge is -2.34. The van der Waals surface area contributed by atoms with Gasteiger partial charge in [-0.3, -0.25) is 4.79 Å².